The van der Waals surface area contributed by atoms with Gasteiger partial charge in [0.25, 0.3) is 5.56 Å². The lowest BCUT2D eigenvalue weighted by Crippen LogP contribution is -2.20. The average Bonchev–Trinajstić information content (AvgIpc) is 3.17. The van der Waals surface area contributed by atoms with E-state index in [9.17, 15) is 14.4 Å². The second-order valence-electron chi connectivity index (χ2n) is 4.99. The molecule has 0 amide bonds. The summed E-state index contributed by atoms with van der Waals surface area (Å²) in [5, 5.41) is 9.10. The molecule has 0 radical (unpaired) electrons. The topological polar surface area (TPSA) is 100 Å². The van der Waals surface area contributed by atoms with Gasteiger partial charge in [-0.15, -0.1) is 11.3 Å². The molecule has 0 aliphatic heterocycles. The Morgan fingerprint density at radius 3 is 2.76 bits per heavy atom. The molecule has 0 bridgehead atoms. The number of hydrogen-bond donors (Lipinski definition) is 2. The van der Waals surface area contributed by atoms with Gasteiger partial charge >= 0.3 is 5.97 Å². The predicted molar refractivity (Wildman–Crippen MR) is 96.4 cm³/mol. The predicted octanol–water partition coefficient (Wildman–Crippen LogP) is 1.98. The fourth-order valence-electron chi connectivity index (χ4n) is 2.10. The first-order chi connectivity index (χ1) is 11.9. The number of aromatic nitrogens is 1. The van der Waals surface area contributed by atoms with Gasteiger partial charge < -0.3 is 14.5 Å². The molecule has 1 aromatic carbocycles. The Balaban J connectivity index is 2.04. The Bertz CT molecular complexity index is 1120. The molecule has 0 atom stereocenters. The van der Waals surface area contributed by atoms with Crippen molar-refractivity contribution in [3.8, 4) is 0 Å². The van der Waals surface area contributed by atoms with E-state index in [0.717, 1.165) is 11.3 Å². The van der Waals surface area contributed by atoms with Crippen molar-refractivity contribution < 1.29 is 19.1 Å². The van der Waals surface area contributed by atoms with E-state index in [4.69, 9.17) is 9.52 Å². The highest BCUT2D eigenvalue weighted by Gasteiger charge is 2.07. The standard InChI is InChI=1S/C17H10BrNO5S/c18-11-5-9(4-10(7-11)17(22)23)6-14-16(21)19-15(25-14)8-12(20)13-2-1-3-24-13/h1-8H,(H,19,21)(H,22,23)/b14-6-,15-8-. The molecule has 2 N–H and O–H groups in total. The lowest BCUT2D eigenvalue weighted by atomic mass is 10.1. The van der Waals surface area contributed by atoms with Crippen LogP contribution in [0.3, 0.4) is 0 Å². The normalized spacial score (nSPS) is 12.5. The van der Waals surface area contributed by atoms with Crippen LogP contribution in [0.4, 0.5) is 0 Å². The van der Waals surface area contributed by atoms with E-state index >= 15 is 0 Å². The van der Waals surface area contributed by atoms with Crippen LogP contribution in [0.25, 0.3) is 12.2 Å². The Morgan fingerprint density at radius 2 is 2.08 bits per heavy atom. The number of Topliss-reactive ketones (excluding diaryl/α,β-unsaturated/α-hetero) is 1. The fraction of sp³-hybridized carbons (Fsp3) is 0. The Morgan fingerprint density at radius 1 is 1.28 bits per heavy atom. The van der Waals surface area contributed by atoms with Crippen LogP contribution >= 0.6 is 27.3 Å². The summed E-state index contributed by atoms with van der Waals surface area (Å²) in [4.78, 5) is 37.7. The van der Waals surface area contributed by atoms with Crippen LogP contribution in [0.5, 0.6) is 0 Å². The summed E-state index contributed by atoms with van der Waals surface area (Å²) in [6.45, 7) is 0. The van der Waals surface area contributed by atoms with Crippen molar-refractivity contribution in [3.63, 3.8) is 0 Å². The number of ketones is 1. The maximum atomic E-state index is 12.1. The highest BCUT2D eigenvalue weighted by atomic mass is 79.9. The molecule has 3 rings (SSSR count). The van der Waals surface area contributed by atoms with E-state index in [0.29, 0.717) is 19.2 Å². The van der Waals surface area contributed by atoms with Gasteiger partial charge in [-0.05, 0) is 42.0 Å². The van der Waals surface area contributed by atoms with Crippen LogP contribution in [-0.4, -0.2) is 21.8 Å². The number of H-pyrrole nitrogens is 1. The van der Waals surface area contributed by atoms with Crippen LogP contribution < -0.4 is 14.8 Å². The van der Waals surface area contributed by atoms with E-state index in [1.807, 2.05) is 0 Å². The van der Waals surface area contributed by atoms with E-state index in [1.54, 1.807) is 18.2 Å². The number of thiazole rings is 1. The zero-order valence-electron chi connectivity index (χ0n) is 12.5. The van der Waals surface area contributed by atoms with Gasteiger partial charge in [-0.1, -0.05) is 15.9 Å². The van der Waals surface area contributed by atoms with Crippen molar-refractivity contribution in [3.05, 3.63) is 77.5 Å². The summed E-state index contributed by atoms with van der Waals surface area (Å²) >= 11 is 4.34. The molecule has 0 spiro atoms. The number of carboxylic acid groups (broad SMARTS) is 1. The number of hydrogen-bond acceptors (Lipinski definition) is 5. The van der Waals surface area contributed by atoms with Crippen LogP contribution in [0.1, 0.15) is 26.5 Å². The van der Waals surface area contributed by atoms with Crippen molar-refractivity contribution in [2.45, 2.75) is 0 Å². The number of halogens is 1. The molecule has 126 valence electrons. The highest BCUT2D eigenvalue weighted by molar-refractivity contribution is 9.10. The van der Waals surface area contributed by atoms with E-state index in [-0.39, 0.29) is 22.7 Å². The minimum atomic E-state index is -1.06. The third-order valence-corrected chi connectivity index (χ3v) is 4.59. The first-order valence-electron chi connectivity index (χ1n) is 6.97. The van der Waals surface area contributed by atoms with Gasteiger partial charge in [-0.2, -0.15) is 0 Å². The number of furan rings is 1. The molecule has 3 aromatic rings. The minimum absolute atomic E-state index is 0.105. The summed E-state index contributed by atoms with van der Waals surface area (Å²) in [6.07, 6.45) is 4.24. The molecule has 6 nitrogen and oxygen atoms in total. The number of nitrogens with one attached hydrogen (secondary N) is 1. The molecule has 0 saturated carbocycles. The number of aromatic carboxylic acids is 1. The maximum Gasteiger partial charge on any atom is 0.335 e. The summed E-state index contributed by atoms with van der Waals surface area (Å²) in [5.41, 5.74) is 0.303. The number of carboxylic acids is 1. The van der Waals surface area contributed by atoms with E-state index in [1.165, 1.54) is 30.5 Å². The number of rotatable bonds is 4. The smallest absolute Gasteiger partial charge is 0.335 e. The highest BCUT2D eigenvalue weighted by Crippen LogP contribution is 2.16. The van der Waals surface area contributed by atoms with Gasteiger partial charge in [0.15, 0.2) is 5.76 Å². The van der Waals surface area contributed by atoms with E-state index < -0.39 is 5.97 Å². The molecule has 2 heterocycles. The number of aromatic amines is 1. The maximum absolute atomic E-state index is 12.1. The average molecular weight is 420 g/mol. The second-order valence-corrected chi connectivity index (χ2v) is 6.99. The summed E-state index contributed by atoms with van der Waals surface area (Å²) in [6, 6.07) is 7.77. The first kappa shape index (κ1) is 17.1. The lowest BCUT2D eigenvalue weighted by molar-refractivity contribution is 0.0696. The quantitative estimate of drug-likeness (QED) is 0.629. The van der Waals surface area contributed by atoms with Gasteiger partial charge in [0.2, 0.25) is 5.78 Å². The van der Waals surface area contributed by atoms with Crippen molar-refractivity contribution in [2.24, 2.45) is 0 Å². The summed E-state index contributed by atoms with van der Waals surface area (Å²) in [5.74, 6) is -1.24. The summed E-state index contributed by atoms with van der Waals surface area (Å²) < 4.78 is 6.34. The molecule has 25 heavy (non-hydrogen) atoms. The Hall–Kier alpha value is -2.71. The van der Waals surface area contributed by atoms with Crippen LogP contribution in [0.15, 0.2) is 50.3 Å². The van der Waals surface area contributed by atoms with Gasteiger partial charge in [0.05, 0.1) is 21.0 Å². The van der Waals surface area contributed by atoms with Gasteiger partial charge in [-0.25, -0.2) is 4.79 Å². The molecule has 0 aliphatic rings. The Kier molecular flexibility index (Phi) is 4.82. The van der Waals surface area contributed by atoms with Gasteiger partial charge in [0.1, 0.15) is 0 Å². The van der Waals surface area contributed by atoms with E-state index in [2.05, 4.69) is 20.9 Å². The molecular formula is C17H10BrNO5S. The van der Waals surface area contributed by atoms with Crippen molar-refractivity contribution in [1.82, 2.24) is 4.98 Å². The minimum Gasteiger partial charge on any atom is -0.478 e. The monoisotopic (exact) mass is 419 g/mol. The van der Waals surface area contributed by atoms with Crippen molar-refractivity contribution in [1.29, 1.82) is 0 Å². The van der Waals surface area contributed by atoms with Gasteiger partial charge in [-0.3, -0.25) is 9.59 Å². The van der Waals surface area contributed by atoms with Crippen LogP contribution in [0, 0.1) is 0 Å². The molecule has 0 aliphatic carbocycles. The Labute approximate surface area is 152 Å². The second kappa shape index (κ2) is 7.04. The molecule has 0 saturated heterocycles. The number of benzene rings is 1. The largest absolute Gasteiger partial charge is 0.478 e. The van der Waals surface area contributed by atoms with Crippen molar-refractivity contribution >= 4 is 51.2 Å². The number of carbonyl (C=O) groups is 2. The zero-order chi connectivity index (χ0) is 18.0. The molecule has 8 heteroatoms. The zero-order valence-corrected chi connectivity index (χ0v) is 14.9. The fourth-order valence-corrected chi connectivity index (χ4v) is 3.50. The summed E-state index contributed by atoms with van der Waals surface area (Å²) in [7, 11) is 0. The lowest BCUT2D eigenvalue weighted by Gasteiger charge is -1.98. The number of carbonyl (C=O) groups excluding carboxylic acids is 1. The first-order valence-corrected chi connectivity index (χ1v) is 8.57. The van der Waals surface area contributed by atoms with Crippen LogP contribution in [0.2, 0.25) is 0 Å². The third kappa shape index (κ3) is 4.04. The molecule has 2 aromatic heterocycles. The van der Waals surface area contributed by atoms with Gasteiger partial charge in [0, 0.05) is 10.5 Å². The molecule has 0 fully saturated rings. The van der Waals surface area contributed by atoms with Crippen LogP contribution in [-0.2, 0) is 0 Å². The third-order valence-electron chi connectivity index (χ3n) is 3.17. The molecular weight excluding hydrogens is 410 g/mol. The van der Waals surface area contributed by atoms with Crippen molar-refractivity contribution in [2.75, 3.05) is 0 Å². The molecule has 0 unspecified atom stereocenters. The SMILES string of the molecule is O=C(O)c1cc(Br)cc(/C=c2\s/c(=C\C(=O)c3ccco3)[nH]c2=O)c1.